The average Bonchev–Trinajstić information content (AvgIpc) is 2.90. The molecular weight excluding hydrogens is 391 g/mol. The predicted octanol–water partition coefficient (Wildman–Crippen LogP) is 5.16. The Morgan fingerprint density at radius 1 is 1.17 bits per heavy atom. The van der Waals surface area contributed by atoms with Gasteiger partial charge in [0.2, 0.25) is 4.77 Å². The number of phenols is 1. The first-order valence-corrected chi connectivity index (χ1v) is 8.15. The Morgan fingerprint density at radius 3 is 2.71 bits per heavy atom. The van der Waals surface area contributed by atoms with Gasteiger partial charge >= 0.3 is 0 Å². The van der Waals surface area contributed by atoms with E-state index >= 15 is 0 Å². The van der Waals surface area contributed by atoms with Gasteiger partial charge in [-0.25, -0.2) is 5.10 Å². The predicted molar refractivity (Wildman–Crippen MR) is 99.0 cm³/mol. The molecule has 2 N–H and O–H groups in total. The maximum absolute atomic E-state index is 9.98. The highest BCUT2D eigenvalue weighted by Crippen LogP contribution is 2.30. The summed E-state index contributed by atoms with van der Waals surface area (Å²) in [4.78, 5) is 0. The summed E-state index contributed by atoms with van der Waals surface area (Å²) in [7, 11) is 0. The van der Waals surface area contributed by atoms with Crippen LogP contribution in [0.4, 0.5) is 0 Å². The molecule has 9 heteroatoms. The molecule has 0 aliphatic carbocycles. The number of rotatable bonds is 3. The van der Waals surface area contributed by atoms with Crippen LogP contribution in [0.3, 0.4) is 0 Å². The highest BCUT2D eigenvalue weighted by Gasteiger charge is 2.10. The van der Waals surface area contributed by atoms with E-state index in [-0.39, 0.29) is 15.5 Å². The van der Waals surface area contributed by atoms with Gasteiger partial charge in [-0.2, -0.15) is 14.9 Å². The van der Waals surface area contributed by atoms with Gasteiger partial charge < -0.3 is 5.11 Å². The van der Waals surface area contributed by atoms with Gasteiger partial charge in [0.15, 0.2) is 5.82 Å². The zero-order chi connectivity index (χ0) is 17.3. The lowest BCUT2D eigenvalue weighted by molar-refractivity contribution is 0.474. The average molecular weight is 400 g/mol. The van der Waals surface area contributed by atoms with Crippen LogP contribution in [-0.2, 0) is 0 Å². The van der Waals surface area contributed by atoms with E-state index in [0.29, 0.717) is 21.4 Å². The van der Waals surface area contributed by atoms with Crippen LogP contribution in [0.5, 0.6) is 5.75 Å². The molecule has 3 rings (SSSR count). The van der Waals surface area contributed by atoms with Crippen LogP contribution in [0.15, 0.2) is 41.5 Å². The van der Waals surface area contributed by atoms with Crippen molar-refractivity contribution in [2.45, 2.75) is 0 Å². The molecule has 0 saturated carbocycles. The van der Waals surface area contributed by atoms with Gasteiger partial charge in [0.05, 0.1) is 11.2 Å². The molecule has 3 aromatic rings. The third-order valence-electron chi connectivity index (χ3n) is 3.10. The van der Waals surface area contributed by atoms with E-state index in [2.05, 4.69) is 15.3 Å². The van der Waals surface area contributed by atoms with Gasteiger partial charge in [-0.15, -0.1) is 0 Å². The lowest BCUT2D eigenvalue weighted by Gasteiger charge is -2.04. The molecular formula is C15H9Cl3N4OS. The first kappa shape index (κ1) is 17.0. The molecule has 0 bridgehead atoms. The van der Waals surface area contributed by atoms with Crippen LogP contribution in [0.25, 0.3) is 11.4 Å². The van der Waals surface area contributed by atoms with Gasteiger partial charge in [0, 0.05) is 21.2 Å². The second-order valence-electron chi connectivity index (χ2n) is 4.74. The number of halogens is 3. The summed E-state index contributed by atoms with van der Waals surface area (Å²) < 4.78 is 1.70. The minimum Gasteiger partial charge on any atom is -0.506 e. The van der Waals surface area contributed by atoms with Crippen molar-refractivity contribution in [3.8, 4) is 17.1 Å². The number of aromatic hydroxyl groups is 1. The van der Waals surface area contributed by atoms with Crippen molar-refractivity contribution >= 4 is 53.2 Å². The number of hydrogen-bond donors (Lipinski definition) is 2. The van der Waals surface area contributed by atoms with Gasteiger partial charge in [-0.3, -0.25) is 0 Å². The second kappa shape index (κ2) is 6.94. The molecule has 0 atom stereocenters. The standard InChI is InChI=1S/C15H9Cl3N4OS/c16-10-3-1-2-8(4-10)14-20-21-15(24)22(14)19-7-9-5-11(17)6-12(18)13(9)23/h1-7,23H,(H,21,24)/b19-7+. The number of phenolic OH excluding ortho intramolecular Hbond substituents is 1. The third-order valence-corrected chi connectivity index (χ3v) is 4.11. The molecule has 0 fully saturated rings. The maximum atomic E-state index is 9.98. The fourth-order valence-corrected chi connectivity index (χ4v) is 2.90. The van der Waals surface area contributed by atoms with E-state index in [1.807, 2.05) is 6.07 Å². The van der Waals surface area contributed by atoms with Gasteiger partial charge in [0.25, 0.3) is 0 Å². The highest BCUT2D eigenvalue weighted by molar-refractivity contribution is 7.71. The quantitative estimate of drug-likeness (QED) is 0.472. The van der Waals surface area contributed by atoms with E-state index in [4.69, 9.17) is 47.0 Å². The summed E-state index contributed by atoms with van der Waals surface area (Å²) in [5.74, 6) is 0.357. The van der Waals surface area contributed by atoms with Gasteiger partial charge in [-0.1, -0.05) is 46.9 Å². The number of nitrogens with zero attached hydrogens (tertiary/aromatic N) is 3. The van der Waals surface area contributed by atoms with Crippen LogP contribution in [0.2, 0.25) is 15.1 Å². The van der Waals surface area contributed by atoms with E-state index in [0.717, 1.165) is 5.56 Å². The van der Waals surface area contributed by atoms with Crippen LogP contribution < -0.4 is 0 Å². The van der Waals surface area contributed by atoms with E-state index in [1.165, 1.54) is 23.0 Å². The molecule has 0 unspecified atom stereocenters. The lowest BCUT2D eigenvalue weighted by Crippen LogP contribution is -1.95. The van der Waals surface area contributed by atoms with Crippen LogP contribution in [-0.4, -0.2) is 26.2 Å². The fraction of sp³-hybridized carbons (Fsp3) is 0. The zero-order valence-electron chi connectivity index (χ0n) is 11.9. The number of hydrogen-bond acceptors (Lipinski definition) is 4. The van der Waals surface area contributed by atoms with Crippen molar-refractivity contribution in [3.63, 3.8) is 0 Å². The Hall–Kier alpha value is -1.86. The molecule has 0 saturated heterocycles. The number of benzene rings is 2. The topological polar surface area (TPSA) is 66.2 Å². The Bertz CT molecular complexity index is 997. The number of H-pyrrole nitrogens is 1. The number of nitrogens with one attached hydrogen (secondary N) is 1. The fourth-order valence-electron chi connectivity index (χ4n) is 2.02. The smallest absolute Gasteiger partial charge is 0.216 e. The van der Waals surface area contributed by atoms with Crippen LogP contribution >= 0.6 is 47.0 Å². The van der Waals surface area contributed by atoms with Gasteiger partial charge in [-0.05, 0) is 36.5 Å². The summed E-state index contributed by atoms with van der Waals surface area (Å²) in [6, 6.07) is 10.1. The zero-order valence-corrected chi connectivity index (χ0v) is 15.0. The molecule has 0 aliphatic heterocycles. The number of aromatic amines is 1. The lowest BCUT2D eigenvalue weighted by atomic mass is 10.2. The number of aromatic nitrogens is 3. The summed E-state index contributed by atoms with van der Waals surface area (Å²) in [6.07, 6.45) is 1.40. The van der Waals surface area contributed by atoms with Crippen LogP contribution in [0, 0.1) is 4.77 Å². The first-order valence-electron chi connectivity index (χ1n) is 6.61. The molecule has 24 heavy (non-hydrogen) atoms. The Morgan fingerprint density at radius 2 is 1.96 bits per heavy atom. The van der Waals surface area contributed by atoms with Crippen molar-refractivity contribution in [2.75, 3.05) is 0 Å². The minimum absolute atomic E-state index is 0.121. The molecule has 122 valence electrons. The van der Waals surface area contributed by atoms with E-state index < -0.39 is 0 Å². The molecule has 2 aromatic carbocycles. The maximum Gasteiger partial charge on any atom is 0.216 e. The Balaban J connectivity index is 2.06. The van der Waals surface area contributed by atoms with E-state index in [9.17, 15) is 5.11 Å². The van der Waals surface area contributed by atoms with Crippen molar-refractivity contribution in [1.29, 1.82) is 0 Å². The van der Waals surface area contributed by atoms with Crippen molar-refractivity contribution in [2.24, 2.45) is 5.10 Å². The molecule has 0 radical (unpaired) electrons. The Labute approximate surface area is 157 Å². The van der Waals surface area contributed by atoms with Crippen LogP contribution in [0.1, 0.15) is 5.56 Å². The monoisotopic (exact) mass is 398 g/mol. The minimum atomic E-state index is -0.121. The molecule has 0 amide bonds. The van der Waals surface area contributed by atoms with Crippen molar-refractivity contribution in [1.82, 2.24) is 14.9 Å². The molecule has 0 spiro atoms. The largest absolute Gasteiger partial charge is 0.506 e. The Kier molecular flexibility index (Phi) is 4.91. The van der Waals surface area contributed by atoms with Crippen molar-refractivity contribution < 1.29 is 5.11 Å². The first-order chi connectivity index (χ1) is 11.5. The van der Waals surface area contributed by atoms with E-state index in [1.54, 1.807) is 18.2 Å². The molecule has 1 heterocycles. The van der Waals surface area contributed by atoms with Gasteiger partial charge in [0.1, 0.15) is 5.75 Å². The summed E-state index contributed by atoms with van der Waals surface area (Å²) in [5.41, 5.74) is 1.09. The third kappa shape index (κ3) is 3.47. The molecule has 1 aromatic heterocycles. The SMILES string of the molecule is Oc1c(Cl)cc(Cl)cc1/C=N/n1c(-c2cccc(Cl)c2)n[nH]c1=S. The van der Waals surface area contributed by atoms with Crippen molar-refractivity contribution in [3.05, 3.63) is 61.8 Å². The molecule has 5 nitrogen and oxygen atoms in total. The molecule has 0 aliphatic rings. The summed E-state index contributed by atoms with van der Waals surface area (Å²) in [5, 5.41) is 22.2. The normalized spacial score (nSPS) is 11.3. The summed E-state index contributed by atoms with van der Waals surface area (Å²) >= 11 is 23.0. The summed E-state index contributed by atoms with van der Waals surface area (Å²) in [6.45, 7) is 0. The second-order valence-corrected chi connectivity index (χ2v) is 6.41. The highest BCUT2D eigenvalue weighted by atomic mass is 35.5.